The van der Waals surface area contributed by atoms with Gasteiger partial charge in [0.15, 0.2) is 0 Å². The molecule has 7 heteroatoms. The summed E-state index contributed by atoms with van der Waals surface area (Å²) in [6.07, 6.45) is 9.98. The van der Waals surface area contributed by atoms with Crippen LogP contribution in [0.5, 0.6) is 17.2 Å². The molecule has 0 fully saturated rings. The Kier molecular flexibility index (Phi) is 15.1. The first-order valence-corrected chi connectivity index (χ1v) is 17.4. The number of alkyl halides is 1. The van der Waals surface area contributed by atoms with Gasteiger partial charge in [-0.1, -0.05) is 94.5 Å². The number of hydrogen-bond donors (Lipinski definition) is 2. The third-order valence-corrected chi connectivity index (χ3v) is 8.02. The van der Waals surface area contributed by atoms with Crippen LogP contribution in [-0.2, 0) is 4.74 Å². The van der Waals surface area contributed by atoms with Crippen molar-refractivity contribution in [3.63, 3.8) is 0 Å². The molecule has 2 N–H and O–H groups in total. The number of benzene rings is 3. The summed E-state index contributed by atoms with van der Waals surface area (Å²) < 4.78 is 24.5. The number of carbonyl (C=O) groups is 1. The second-order valence-corrected chi connectivity index (χ2v) is 12.9. The molecular weight excluding hydrogens is 605 g/mol. The molecule has 1 heterocycles. The van der Waals surface area contributed by atoms with E-state index in [0.717, 1.165) is 71.9 Å². The molecule has 6 nitrogen and oxygen atoms in total. The molecule has 1 unspecified atom stereocenters. The Labute approximate surface area is 286 Å². The zero-order valence-electron chi connectivity index (χ0n) is 29.6. The fraction of sp³-hybridized carbons (Fsp3) is 0.439. The number of fused-ring (bicyclic) bond motifs is 1. The highest BCUT2D eigenvalue weighted by Crippen LogP contribution is 2.47. The van der Waals surface area contributed by atoms with Crippen LogP contribution in [0.2, 0.25) is 0 Å². The van der Waals surface area contributed by atoms with Gasteiger partial charge in [-0.05, 0) is 93.1 Å². The number of allylic oxidation sites excluding steroid dienone is 1. The number of halogens is 1. The van der Waals surface area contributed by atoms with Crippen LogP contribution in [0.3, 0.4) is 0 Å². The average molecular weight is 660 g/mol. The van der Waals surface area contributed by atoms with Gasteiger partial charge in [-0.15, -0.1) is 0 Å². The second-order valence-electron chi connectivity index (χ2n) is 12.9. The highest BCUT2D eigenvalue weighted by Gasteiger charge is 2.29. The van der Waals surface area contributed by atoms with Gasteiger partial charge in [0.05, 0.1) is 6.67 Å². The molecule has 48 heavy (non-hydrogen) atoms. The summed E-state index contributed by atoms with van der Waals surface area (Å²) in [5, 5.41) is 20.4. The fourth-order valence-electron chi connectivity index (χ4n) is 5.68. The molecule has 3 aromatic rings. The first-order chi connectivity index (χ1) is 23.1. The van der Waals surface area contributed by atoms with Crippen LogP contribution in [0, 0.1) is 0 Å². The highest BCUT2D eigenvalue weighted by atomic mass is 19.1. The Morgan fingerprint density at radius 3 is 2.19 bits per heavy atom. The van der Waals surface area contributed by atoms with Crippen molar-refractivity contribution in [2.24, 2.45) is 0 Å². The minimum Gasteiger partial charge on any atom is -0.508 e. The van der Waals surface area contributed by atoms with Crippen molar-refractivity contribution < 1.29 is 28.9 Å². The Balaban J connectivity index is 0.00000307. The zero-order chi connectivity index (χ0) is 35.1. The largest absolute Gasteiger partial charge is 0.508 e. The van der Waals surface area contributed by atoms with E-state index in [1.807, 2.05) is 90.1 Å². The SMILES string of the molecule is CC.CC1=C(c2cccc(O)c2)C(c2ccc(/C=C/CN(CCCCCCCCCF)C(=O)OC(C)(C)C)cc2)Oc2ccc(O)cc21. The Morgan fingerprint density at radius 2 is 1.54 bits per heavy atom. The number of phenols is 2. The van der Waals surface area contributed by atoms with Gasteiger partial charge in [0, 0.05) is 24.2 Å². The zero-order valence-corrected chi connectivity index (χ0v) is 29.6. The molecule has 0 saturated carbocycles. The lowest BCUT2D eigenvalue weighted by molar-refractivity contribution is 0.0269. The lowest BCUT2D eigenvalue weighted by atomic mass is 9.86. The number of unbranched alkanes of at least 4 members (excludes halogenated alkanes) is 6. The molecule has 0 aromatic heterocycles. The van der Waals surface area contributed by atoms with Crippen molar-refractivity contribution in [2.75, 3.05) is 19.8 Å². The topological polar surface area (TPSA) is 79.2 Å². The number of amides is 1. The molecule has 0 spiro atoms. The molecule has 1 aliphatic heterocycles. The predicted molar refractivity (Wildman–Crippen MR) is 195 cm³/mol. The van der Waals surface area contributed by atoms with Gasteiger partial charge in [-0.3, -0.25) is 4.39 Å². The second kappa shape index (κ2) is 18.9. The summed E-state index contributed by atoms with van der Waals surface area (Å²) in [5.41, 5.74) is 4.92. The molecule has 1 aliphatic rings. The quantitative estimate of drug-likeness (QED) is 0.168. The maximum absolute atomic E-state index is 12.9. The van der Waals surface area contributed by atoms with E-state index < -0.39 is 11.7 Å². The summed E-state index contributed by atoms with van der Waals surface area (Å²) in [4.78, 5) is 14.7. The van der Waals surface area contributed by atoms with Gasteiger partial charge < -0.3 is 24.6 Å². The lowest BCUT2D eigenvalue weighted by Gasteiger charge is -2.31. The van der Waals surface area contributed by atoms with Crippen LogP contribution in [0.15, 0.2) is 72.8 Å². The van der Waals surface area contributed by atoms with Gasteiger partial charge in [-0.2, -0.15) is 0 Å². The molecule has 0 aliphatic carbocycles. The summed E-state index contributed by atoms with van der Waals surface area (Å²) in [6.45, 7) is 12.4. The Hall–Kier alpha value is -4.26. The summed E-state index contributed by atoms with van der Waals surface area (Å²) in [7, 11) is 0. The summed E-state index contributed by atoms with van der Waals surface area (Å²) in [5.74, 6) is 1.02. The monoisotopic (exact) mass is 659 g/mol. The van der Waals surface area contributed by atoms with E-state index in [9.17, 15) is 19.4 Å². The molecule has 260 valence electrons. The molecule has 4 rings (SSSR count). The van der Waals surface area contributed by atoms with Crippen molar-refractivity contribution >= 4 is 23.3 Å². The Bertz CT molecular complexity index is 1510. The van der Waals surface area contributed by atoms with E-state index in [0.29, 0.717) is 25.3 Å². The molecular formula is C41H54FNO5. The van der Waals surface area contributed by atoms with Crippen LogP contribution in [-0.4, -0.2) is 46.6 Å². The third-order valence-electron chi connectivity index (χ3n) is 8.02. The lowest BCUT2D eigenvalue weighted by Crippen LogP contribution is -2.37. The highest BCUT2D eigenvalue weighted by molar-refractivity contribution is 5.95. The maximum atomic E-state index is 12.9. The Morgan fingerprint density at radius 1 is 0.896 bits per heavy atom. The maximum Gasteiger partial charge on any atom is 0.410 e. The van der Waals surface area contributed by atoms with Crippen molar-refractivity contribution in [3.8, 4) is 17.2 Å². The number of phenolic OH excluding ortho intramolecular Hbond substituents is 2. The van der Waals surface area contributed by atoms with Gasteiger partial charge >= 0.3 is 6.09 Å². The summed E-state index contributed by atoms with van der Waals surface area (Å²) >= 11 is 0. The standard InChI is InChI=1S/C39H48FNO5.C2H6/c1-28-34-27-33(43)21-22-35(34)45-37(36(28)31-15-12-16-32(42)26-31)30-19-17-29(18-20-30)14-13-25-41(38(44)46-39(2,3)4)24-11-9-7-5-6-8-10-23-40;1-2/h12-22,26-27,37,42-43H,5-11,23-25H2,1-4H3;1-2H3/b14-13+;. The number of nitrogens with zero attached hydrogens (tertiary/aromatic N) is 1. The van der Waals surface area contributed by atoms with Crippen LogP contribution < -0.4 is 4.74 Å². The van der Waals surface area contributed by atoms with Crippen LogP contribution in [0.4, 0.5) is 9.18 Å². The minimum absolute atomic E-state index is 0.165. The van der Waals surface area contributed by atoms with Crippen molar-refractivity contribution in [3.05, 3.63) is 95.1 Å². The number of ether oxygens (including phenoxy) is 2. The smallest absolute Gasteiger partial charge is 0.410 e. The van der Waals surface area contributed by atoms with Gasteiger partial charge in [0.1, 0.15) is 29.0 Å². The molecule has 3 aromatic carbocycles. The molecule has 0 bridgehead atoms. The minimum atomic E-state index is -0.572. The van der Waals surface area contributed by atoms with Gasteiger partial charge in [0.25, 0.3) is 0 Å². The van der Waals surface area contributed by atoms with Crippen LogP contribution in [0.25, 0.3) is 17.2 Å². The van der Waals surface area contributed by atoms with E-state index in [-0.39, 0.29) is 24.3 Å². The predicted octanol–water partition coefficient (Wildman–Crippen LogP) is 11.1. The normalized spacial score (nSPS) is 14.2. The van der Waals surface area contributed by atoms with E-state index in [1.54, 1.807) is 35.2 Å². The number of rotatable bonds is 14. The molecule has 0 radical (unpaired) electrons. The summed E-state index contributed by atoms with van der Waals surface area (Å²) in [6, 6.07) is 20.3. The third kappa shape index (κ3) is 11.5. The molecule has 1 atom stereocenters. The first-order valence-electron chi connectivity index (χ1n) is 17.4. The molecule has 1 amide bonds. The van der Waals surface area contributed by atoms with E-state index >= 15 is 0 Å². The number of carbonyl (C=O) groups excluding carboxylic acids is 1. The van der Waals surface area contributed by atoms with Crippen molar-refractivity contribution in [1.29, 1.82) is 0 Å². The van der Waals surface area contributed by atoms with Crippen LogP contribution >= 0.6 is 0 Å². The number of hydrogen-bond acceptors (Lipinski definition) is 5. The molecule has 0 saturated heterocycles. The fourth-order valence-corrected chi connectivity index (χ4v) is 5.68. The van der Waals surface area contributed by atoms with E-state index in [1.165, 1.54) is 0 Å². The van der Waals surface area contributed by atoms with Crippen molar-refractivity contribution in [2.45, 2.75) is 98.2 Å². The van der Waals surface area contributed by atoms with E-state index in [2.05, 4.69) is 0 Å². The van der Waals surface area contributed by atoms with Crippen LogP contribution in [0.1, 0.15) is 115 Å². The number of aromatic hydroxyl groups is 2. The van der Waals surface area contributed by atoms with Gasteiger partial charge in [-0.25, -0.2) is 4.79 Å². The van der Waals surface area contributed by atoms with Gasteiger partial charge in [0.2, 0.25) is 0 Å². The van der Waals surface area contributed by atoms with E-state index in [4.69, 9.17) is 9.47 Å². The van der Waals surface area contributed by atoms with Crippen molar-refractivity contribution in [1.82, 2.24) is 4.90 Å². The average Bonchev–Trinajstić information content (AvgIpc) is 3.05. The first kappa shape index (κ1) is 38.2.